The van der Waals surface area contributed by atoms with Gasteiger partial charge in [0.15, 0.2) is 5.69 Å². The molecule has 40 heavy (non-hydrogen) atoms. The Morgan fingerprint density at radius 3 is 2.12 bits per heavy atom. The number of hydrogen-bond donors (Lipinski definition) is 0. The van der Waals surface area contributed by atoms with Gasteiger partial charge < -0.3 is 4.57 Å². The summed E-state index contributed by atoms with van der Waals surface area (Å²) in [6.45, 7) is 7.47. The van der Waals surface area contributed by atoms with E-state index in [0.717, 1.165) is 32.9 Å². The van der Waals surface area contributed by atoms with E-state index in [9.17, 15) is 14.9 Å². The van der Waals surface area contributed by atoms with Gasteiger partial charge >= 0.3 is 0 Å². The number of nitriles is 1. The lowest BCUT2D eigenvalue weighted by atomic mass is 10.1. The molecule has 0 radical (unpaired) electrons. The smallest absolute Gasteiger partial charge is 0.268 e. The first-order valence-corrected chi connectivity index (χ1v) is 12.6. The SMILES string of the molecule is [C-]#[N+]c1ccc2c(c1)c1cc(C#N)ccc1n2-c1cccc2c1C(=O)N(c1ccc(-c3ccccc3)cc1)C2=O. The Morgan fingerprint density at radius 2 is 1.40 bits per heavy atom. The van der Waals surface area contributed by atoms with Gasteiger partial charge in [-0.3, -0.25) is 9.59 Å². The monoisotopic (exact) mass is 514 g/mol. The Bertz CT molecular complexity index is 2040. The second kappa shape index (κ2) is 8.80. The molecule has 5 aromatic carbocycles. The van der Waals surface area contributed by atoms with Crippen LogP contribution in [0.3, 0.4) is 0 Å². The van der Waals surface area contributed by atoms with Crippen LogP contribution < -0.4 is 4.90 Å². The number of carbonyl (C=O) groups excluding carboxylic acids is 2. The van der Waals surface area contributed by atoms with Crippen LogP contribution in [0.1, 0.15) is 26.3 Å². The Balaban J connectivity index is 1.40. The Morgan fingerprint density at radius 1 is 0.700 bits per heavy atom. The molecule has 0 fully saturated rings. The molecule has 0 saturated carbocycles. The molecule has 0 N–H and O–H groups in total. The molecule has 6 heteroatoms. The first-order valence-electron chi connectivity index (χ1n) is 12.6. The zero-order valence-electron chi connectivity index (χ0n) is 21.0. The van der Waals surface area contributed by atoms with Gasteiger partial charge in [-0.05, 0) is 71.1 Å². The molecule has 6 nitrogen and oxygen atoms in total. The van der Waals surface area contributed by atoms with E-state index < -0.39 is 5.91 Å². The molecule has 1 aliphatic rings. The van der Waals surface area contributed by atoms with Crippen LogP contribution in [-0.4, -0.2) is 16.4 Å². The summed E-state index contributed by atoms with van der Waals surface area (Å²) < 4.78 is 1.94. The minimum absolute atomic E-state index is 0.317. The van der Waals surface area contributed by atoms with E-state index in [4.69, 9.17) is 6.57 Å². The van der Waals surface area contributed by atoms with Gasteiger partial charge in [0.05, 0.1) is 51.7 Å². The van der Waals surface area contributed by atoms with Crippen molar-refractivity contribution >= 4 is 45.0 Å². The van der Waals surface area contributed by atoms with Gasteiger partial charge in [-0.1, -0.05) is 54.6 Å². The summed E-state index contributed by atoms with van der Waals surface area (Å²) in [5.74, 6) is -0.776. The van der Waals surface area contributed by atoms with E-state index in [-0.39, 0.29) is 5.91 Å². The third-order valence-electron chi connectivity index (χ3n) is 7.37. The van der Waals surface area contributed by atoms with Crippen molar-refractivity contribution in [1.29, 1.82) is 5.26 Å². The van der Waals surface area contributed by atoms with Crippen molar-refractivity contribution in [2.24, 2.45) is 0 Å². The van der Waals surface area contributed by atoms with Crippen molar-refractivity contribution in [3.8, 4) is 22.9 Å². The summed E-state index contributed by atoms with van der Waals surface area (Å²) in [5.41, 5.74) is 6.27. The van der Waals surface area contributed by atoms with Crippen LogP contribution in [0.2, 0.25) is 0 Å². The highest BCUT2D eigenvalue weighted by Crippen LogP contribution is 2.39. The highest BCUT2D eigenvalue weighted by molar-refractivity contribution is 6.35. The van der Waals surface area contributed by atoms with E-state index in [2.05, 4.69) is 10.9 Å². The van der Waals surface area contributed by atoms with Crippen molar-refractivity contribution in [1.82, 2.24) is 4.57 Å². The van der Waals surface area contributed by atoms with Gasteiger partial charge in [0, 0.05) is 5.39 Å². The summed E-state index contributed by atoms with van der Waals surface area (Å²) in [6, 6.07) is 35.5. The summed E-state index contributed by atoms with van der Waals surface area (Å²) in [4.78, 5) is 32.4. The van der Waals surface area contributed by atoms with Crippen LogP contribution in [-0.2, 0) is 0 Å². The topological polar surface area (TPSA) is 70.5 Å². The van der Waals surface area contributed by atoms with E-state index in [0.29, 0.717) is 33.8 Å². The highest BCUT2D eigenvalue weighted by atomic mass is 16.2. The van der Waals surface area contributed by atoms with Crippen LogP contribution in [0.5, 0.6) is 0 Å². The fourth-order valence-corrected chi connectivity index (χ4v) is 5.53. The predicted octanol–water partition coefficient (Wildman–Crippen LogP) is 7.67. The number of hydrogen-bond acceptors (Lipinski definition) is 3. The molecule has 0 unspecified atom stereocenters. The molecule has 0 spiro atoms. The second-order valence-corrected chi connectivity index (χ2v) is 9.55. The maximum Gasteiger partial charge on any atom is 0.268 e. The summed E-state index contributed by atoms with van der Waals surface area (Å²) >= 11 is 0. The van der Waals surface area contributed by atoms with E-state index in [1.165, 1.54) is 4.90 Å². The standard InChI is InChI=1S/C34H18N4O2/c1-36-24-13-17-30-28(19-24)27-18-21(20-35)10-16-29(27)38(30)31-9-5-8-26-32(31)34(40)37(33(26)39)25-14-11-23(12-15-25)22-6-3-2-4-7-22/h2-19H. The Kier molecular flexibility index (Phi) is 5.10. The Hall–Kier alpha value is -5.98. The number of aromatic nitrogens is 1. The summed E-state index contributed by atoms with van der Waals surface area (Å²) in [5, 5.41) is 11.1. The molecule has 0 saturated heterocycles. The number of rotatable bonds is 3. The molecule has 0 atom stereocenters. The van der Waals surface area contributed by atoms with Crippen molar-refractivity contribution in [2.75, 3.05) is 4.90 Å². The van der Waals surface area contributed by atoms with E-state index in [1.807, 2.05) is 65.2 Å². The zero-order chi connectivity index (χ0) is 27.4. The minimum atomic E-state index is -0.399. The van der Waals surface area contributed by atoms with Crippen LogP contribution >= 0.6 is 0 Å². The molecule has 0 aliphatic carbocycles. The number of benzene rings is 5. The fraction of sp³-hybridized carbons (Fsp3) is 0. The quantitative estimate of drug-likeness (QED) is 0.180. The second-order valence-electron chi connectivity index (χ2n) is 9.55. The van der Waals surface area contributed by atoms with Crippen molar-refractivity contribution in [3.05, 3.63) is 137 Å². The molecular weight excluding hydrogens is 496 g/mol. The van der Waals surface area contributed by atoms with Crippen molar-refractivity contribution in [3.63, 3.8) is 0 Å². The van der Waals surface area contributed by atoms with Crippen molar-refractivity contribution in [2.45, 2.75) is 0 Å². The normalized spacial score (nSPS) is 12.5. The van der Waals surface area contributed by atoms with Gasteiger partial charge in [0.2, 0.25) is 0 Å². The molecular formula is C34H18N4O2. The van der Waals surface area contributed by atoms with Crippen molar-refractivity contribution < 1.29 is 9.59 Å². The number of amides is 2. The average molecular weight is 515 g/mol. The predicted molar refractivity (Wildman–Crippen MR) is 155 cm³/mol. The maximum absolute atomic E-state index is 14.0. The third-order valence-corrected chi connectivity index (χ3v) is 7.37. The fourth-order valence-electron chi connectivity index (χ4n) is 5.53. The largest absolute Gasteiger partial charge is 0.309 e. The molecule has 7 rings (SSSR count). The average Bonchev–Trinajstić information content (AvgIpc) is 3.47. The number of nitrogens with zero attached hydrogens (tertiary/aromatic N) is 4. The molecule has 2 heterocycles. The maximum atomic E-state index is 14.0. The lowest BCUT2D eigenvalue weighted by Gasteiger charge is -2.15. The summed E-state index contributed by atoms with van der Waals surface area (Å²) in [6.07, 6.45) is 0. The lowest BCUT2D eigenvalue weighted by Crippen LogP contribution is -2.29. The van der Waals surface area contributed by atoms with Gasteiger partial charge in [-0.15, -0.1) is 0 Å². The van der Waals surface area contributed by atoms with E-state index in [1.54, 1.807) is 48.5 Å². The van der Waals surface area contributed by atoms with Gasteiger partial charge in [-0.2, -0.15) is 5.26 Å². The third kappa shape index (κ3) is 3.34. The minimum Gasteiger partial charge on any atom is -0.309 e. The molecule has 1 aromatic heterocycles. The Labute approximate surface area is 229 Å². The first kappa shape index (κ1) is 23.2. The van der Waals surface area contributed by atoms with Crippen LogP contribution in [0.15, 0.2) is 109 Å². The first-order chi connectivity index (χ1) is 19.6. The number of anilines is 1. The number of carbonyl (C=O) groups is 2. The zero-order valence-corrected chi connectivity index (χ0v) is 21.0. The van der Waals surface area contributed by atoms with Crippen LogP contribution in [0.4, 0.5) is 11.4 Å². The van der Waals surface area contributed by atoms with Crippen LogP contribution in [0.25, 0.3) is 43.5 Å². The van der Waals surface area contributed by atoms with E-state index >= 15 is 0 Å². The van der Waals surface area contributed by atoms with Gasteiger partial charge in [0.25, 0.3) is 11.8 Å². The van der Waals surface area contributed by atoms with Gasteiger partial charge in [0.1, 0.15) is 0 Å². The lowest BCUT2D eigenvalue weighted by molar-refractivity contribution is 0.0926. The van der Waals surface area contributed by atoms with Gasteiger partial charge in [-0.25, -0.2) is 9.74 Å². The molecule has 1 aliphatic heterocycles. The molecule has 2 amide bonds. The molecule has 0 bridgehead atoms. The van der Waals surface area contributed by atoms with Crippen LogP contribution in [0, 0.1) is 17.9 Å². The number of fused-ring (bicyclic) bond motifs is 4. The highest BCUT2D eigenvalue weighted by Gasteiger charge is 2.39. The molecule has 186 valence electrons. The molecule has 6 aromatic rings. The number of imide groups is 1. The summed E-state index contributed by atoms with van der Waals surface area (Å²) in [7, 11) is 0.